The fourth-order valence-corrected chi connectivity index (χ4v) is 3.08. The Bertz CT molecular complexity index is 948. The van der Waals surface area contributed by atoms with Crippen LogP contribution in [0.15, 0.2) is 30.6 Å². The average molecular weight is 377 g/mol. The maximum absolute atomic E-state index is 13.5. The molecule has 0 unspecified atom stereocenters. The lowest BCUT2D eigenvalue weighted by atomic mass is 9.85. The van der Waals surface area contributed by atoms with Crippen molar-refractivity contribution in [3.05, 3.63) is 36.4 Å². The van der Waals surface area contributed by atoms with Gasteiger partial charge in [-0.05, 0) is 30.9 Å². The van der Waals surface area contributed by atoms with Crippen LogP contribution in [0.2, 0.25) is 0 Å². The summed E-state index contributed by atoms with van der Waals surface area (Å²) in [5.74, 6) is 0.628. The molecule has 2 aromatic heterocycles. The second kappa shape index (κ2) is 6.71. The third kappa shape index (κ3) is 3.41. The first-order valence-electron chi connectivity index (χ1n) is 8.65. The lowest BCUT2D eigenvalue weighted by molar-refractivity contribution is -0.145. The number of benzene rings is 1. The van der Waals surface area contributed by atoms with E-state index in [-0.39, 0.29) is 16.9 Å². The summed E-state index contributed by atoms with van der Waals surface area (Å²) in [4.78, 5) is 12.1. The number of nitrogens with one attached hydrogen (secondary N) is 1. The second-order valence-electron chi connectivity index (χ2n) is 6.56. The Morgan fingerprint density at radius 2 is 2.04 bits per heavy atom. The van der Waals surface area contributed by atoms with Crippen molar-refractivity contribution in [1.29, 1.82) is 0 Å². The Balaban J connectivity index is 1.70. The van der Waals surface area contributed by atoms with E-state index in [1.165, 1.54) is 50.9 Å². The number of rotatable bonds is 5. The van der Waals surface area contributed by atoms with Crippen LogP contribution in [-0.4, -0.2) is 33.2 Å². The van der Waals surface area contributed by atoms with Gasteiger partial charge in [0, 0.05) is 12.6 Å². The van der Waals surface area contributed by atoms with Gasteiger partial charge < -0.3 is 10.1 Å². The molecule has 0 atom stereocenters. The smallest absolute Gasteiger partial charge is 0.450 e. The molecule has 0 radical (unpaired) electrons. The SMILES string of the molecule is COc1ccc2c(c1)nc(C(F)(F)F)n2-c1cnc(NCC2CCC2)cn1. The van der Waals surface area contributed by atoms with Crippen molar-refractivity contribution in [3.63, 3.8) is 0 Å². The molecule has 0 aliphatic heterocycles. The monoisotopic (exact) mass is 377 g/mol. The predicted molar refractivity (Wildman–Crippen MR) is 94.0 cm³/mol. The number of nitrogens with zero attached hydrogens (tertiary/aromatic N) is 4. The van der Waals surface area contributed by atoms with Crippen molar-refractivity contribution in [2.45, 2.75) is 25.4 Å². The predicted octanol–water partition coefficient (Wildman–Crippen LogP) is 4.05. The zero-order valence-corrected chi connectivity index (χ0v) is 14.6. The lowest BCUT2D eigenvalue weighted by Gasteiger charge is -2.25. The number of ether oxygens (including phenoxy) is 1. The van der Waals surface area contributed by atoms with Gasteiger partial charge in [-0.25, -0.2) is 15.0 Å². The summed E-state index contributed by atoms with van der Waals surface area (Å²) in [6.07, 6.45) is 1.77. The molecule has 27 heavy (non-hydrogen) atoms. The van der Waals surface area contributed by atoms with Crippen molar-refractivity contribution < 1.29 is 17.9 Å². The van der Waals surface area contributed by atoms with E-state index in [0.717, 1.165) is 11.1 Å². The van der Waals surface area contributed by atoms with Crippen molar-refractivity contribution in [2.24, 2.45) is 5.92 Å². The highest BCUT2D eigenvalue weighted by molar-refractivity contribution is 5.79. The average Bonchev–Trinajstić information content (AvgIpc) is 3.00. The number of halogens is 3. The highest BCUT2D eigenvalue weighted by Gasteiger charge is 2.38. The highest BCUT2D eigenvalue weighted by Crippen LogP contribution is 2.34. The number of alkyl halides is 3. The van der Waals surface area contributed by atoms with Gasteiger partial charge in [0.25, 0.3) is 0 Å². The third-order valence-corrected chi connectivity index (χ3v) is 4.78. The molecule has 1 fully saturated rings. The molecular weight excluding hydrogens is 359 g/mol. The fraction of sp³-hybridized carbons (Fsp3) is 0.389. The van der Waals surface area contributed by atoms with Crippen LogP contribution in [0, 0.1) is 5.92 Å². The van der Waals surface area contributed by atoms with Crippen molar-refractivity contribution in [3.8, 4) is 11.6 Å². The summed E-state index contributed by atoms with van der Waals surface area (Å²) in [6, 6.07) is 4.58. The molecule has 9 heteroatoms. The summed E-state index contributed by atoms with van der Waals surface area (Å²) in [7, 11) is 1.45. The van der Waals surface area contributed by atoms with E-state index in [1.807, 2.05) is 0 Å². The molecule has 0 bridgehead atoms. The number of imidazole rings is 1. The quantitative estimate of drug-likeness (QED) is 0.727. The molecular formula is C18H18F3N5O. The summed E-state index contributed by atoms with van der Waals surface area (Å²) < 4.78 is 46.6. The van der Waals surface area contributed by atoms with Gasteiger partial charge in [0.15, 0.2) is 5.82 Å². The maximum Gasteiger partial charge on any atom is 0.450 e. The van der Waals surface area contributed by atoms with Gasteiger partial charge in [0.1, 0.15) is 11.6 Å². The highest BCUT2D eigenvalue weighted by atomic mass is 19.4. The Morgan fingerprint density at radius 3 is 2.63 bits per heavy atom. The molecule has 1 N–H and O–H groups in total. The van der Waals surface area contributed by atoms with E-state index < -0.39 is 12.0 Å². The van der Waals surface area contributed by atoms with Crippen molar-refractivity contribution in [2.75, 3.05) is 19.0 Å². The summed E-state index contributed by atoms with van der Waals surface area (Å²) in [5.41, 5.74) is 0.461. The zero-order chi connectivity index (χ0) is 19.0. The van der Waals surface area contributed by atoms with Gasteiger partial charge in [-0.1, -0.05) is 6.42 Å². The van der Waals surface area contributed by atoms with Gasteiger partial charge in [-0.15, -0.1) is 0 Å². The molecule has 1 aromatic carbocycles. The molecule has 4 rings (SSSR count). The Labute approximate surface area is 153 Å². The number of hydrogen-bond donors (Lipinski definition) is 1. The number of fused-ring (bicyclic) bond motifs is 1. The van der Waals surface area contributed by atoms with Crippen LogP contribution in [0.25, 0.3) is 16.9 Å². The Kier molecular flexibility index (Phi) is 4.37. The molecule has 0 saturated heterocycles. The molecule has 1 saturated carbocycles. The van der Waals surface area contributed by atoms with Gasteiger partial charge >= 0.3 is 6.18 Å². The fourth-order valence-electron chi connectivity index (χ4n) is 3.08. The first kappa shape index (κ1) is 17.6. The molecule has 142 valence electrons. The van der Waals surface area contributed by atoms with Gasteiger partial charge in [0.2, 0.25) is 5.82 Å². The van der Waals surface area contributed by atoms with E-state index in [2.05, 4.69) is 20.3 Å². The number of hydrogen-bond acceptors (Lipinski definition) is 5. The van der Waals surface area contributed by atoms with Crippen LogP contribution in [0.4, 0.5) is 19.0 Å². The van der Waals surface area contributed by atoms with Crippen LogP contribution < -0.4 is 10.1 Å². The van der Waals surface area contributed by atoms with Crippen LogP contribution in [-0.2, 0) is 6.18 Å². The topological polar surface area (TPSA) is 64.9 Å². The third-order valence-electron chi connectivity index (χ3n) is 4.78. The summed E-state index contributed by atoms with van der Waals surface area (Å²) >= 11 is 0. The molecule has 1 aliphatic rings. The van der Waals surface area contributed by atoms with E-state index in [4.69, 9.17) is 4.74 Å². The van der Waals surface area contributed by atoms with E-state index in [0.29, 0.717) is 17.5 Å². The Morgan fingerprint density at radius 1 is 1.22 bits per heavy atom. The van der Waals surface area contributed by atoms with E-state index >= 15 is 0 Å². The summed E-state index contributed by atoms with van der Waals surface area (Å²) in [5, 5.41) is 3.18. The zero-order valence-electron chi connectivity index (χ0n) is 14.6. The number of anilines is 1. The second-order valence-corrected chi connectivity index (χ2v) is 6.56. The van der Waals surface area contributed by atoms with Gasteiger partial charge in [0.05, 0.1) is 30.5 Å². The largest absolute Gasteiger partial charge is 0.497 e. The number of aromatic nitrogens is 4. The molecule has 6 nitrogen and oxygen atoms in total. The first-order valence-corrected chi connectivity index (χ1v) is 8.65. The van der Waals surface area contributed by atoms with Crippen LogP contribution >= 0.6 is 0 Å². The van der Waals surface area contributed by atoms with Crippen molar-refractivity contribution >= 4 is 16.9 Å². The van der Waals surface area contributed by atoms with Crippen LogP contribution in [0.5, 0.6) is 5.75 Å². The van der Waals surface area contributed by atoms with Gasteiger partial charge in [-0.2, -0.15) is 13.2 Å². The maximum atomic E-state index is 13.5. The molecule has 0 amide bonds. The number of methoxy groups -OCH3 is 1. The van der Waals surface area contributed by atoms with Crippen LogP contribution in [0.3, 0.4) is 0 Å². The molecule has 2 heterocycles. The molecule has 0 spiro atoms. The minimum atomic E-state index is -4.63. The lowest BCUT2D eigenvalue weighted by Crippen LogP contribution is -2.21. The van der Waals surface area contributed by atoms with E-state index in [1.54, 1.807) is 6.07 Å². The Hall–Kier alpha value is -2.84. The first-order chi connectivity index (χ1) is 13.0. The minimum absolute atomic E-state index is 0.0594. The van der Waals surface area contributed by atoms with Gasteiger partial charge in [-0.3, -0.25) is 4.57 Å². The molecule has 1 aliphatic carbocycles. The van der Waals surface area contributed by atoms with E-state index in [9.17, 15) is 13.2 Å². The van der Waals surface area contributed by atoms with Crippen molar-refractivity contribution in [1.82, 2.24) is 19.5 Å². The molecule has 3 aromatic rings. The standard InChI is InChI=1S/C18H18F3N5O/c1-27-12-5-6-14-13(7-12)25-17(18(19,20)21)26(14)16-10-23-15(9-24-16)22-8-11-3-2-4-11/h5-7,9-11H,2-4,8H2,1H3,(H,22,23). The summed E-state index contributed by atoms with van der Waals surface area (Å²) in [6.45, 7) is 0.801. The normalized spacial score (nSPS) is 15.0. The van der Waals surface area contributed by atoms with Crippen LogP contribution in [0.1, 0.15) is 25.1 Å². The minimum Gasteiger partial charge on any atom is -0.497 e.